The highest BCUT2D eigenvalue weighted by Gasteiger charge is 2.15. The number of benzene rings is 1. The summed E-state index contributed by atoms with van der Waals surface area (Å²) < 4.78 is 5.52. The molecule has 0 radical (unpaired) electrons. The van der Waals surface area contributed by atoms with Gasteiger partial charge in [0.2, 0.25) is 0 Å². The lowest BCUT2D eigenvalue weighted by Gasteiger charge is -2.10. The lowest BCUT2D eigenvalue weighted by Crippen LogP contribution is -2.06. The SMILES string of the molecule is Cc1cccnc1COc1cccc(Cl)c1C(=O)O. The van der Waals surface area contributed by atoms with Crippen molar-refractivity contribution in [3.8, 4) is 5.75 Å². The number of carbonyl (C=O) groups is 1. The third kappa shape index (κ3) is 3.03. The molecule has 0 aliphatic carbocycles. The van der Waals surface area contributed by atoms with Gasteiger partial charge in [-0.2, -0.15) is 0 Å². The first kappa shape index (κ1) is 13.4. The average molecular weight is 278 g/mol. The third-order valence-electron chi connectivity index (χ3n) is 2.67. The molecule has 19 heavy (non-hydrogen) atoms. The van der Waals surface area contributed by atoms with Crippen LogP contribution in [0.3, 0.4) is 0 Å². The Balaban J connectivity index is 2.23. The van der Waals surface area contributed by atoms with Gasteiger partial charge in [0.25, 0.3) is 0 Å². The smallest absolute Gasteiger partial charge is 0.341 e. The Bertz CT molecular complexity index is 613. The molecule has 0 saturated heterocycles. The maximum atomic E-state index is 11.1. The standard InChI is InChI=1S/C14H12ClNO3/c1-9-4-3-7-16-11(9)8-19-12-6-2-5-10(15)13(12)14(17)18/h2-7H,8H2,1H3,(H,17,18). The minimum absolute atomic E-state index is 0.0299. The lowest BCUT2D eigenvalue weighted by molar-refractivity contribution is 0.0692. The van der Waals surface area contributed by atoms with Crippen molar-refractivity contribution in [3.63, 3.8) is 0 Å². The van der Waals surface area contributed by atoms with E-state index in [1.807, 2.05) is 19.1 Å². The molecule has 98 valence electrons. The highest BCUT2D eigenvalue weighted by Crippen LogP contribution is 2.27. The van der Waals surface area contributed by atoms with Gasteiger partial charge in [0.05, 0.1) is 10.7 Å². The molecule has 0 saturated carbocycles. The summed E-state index contributed by atoms with van der Waals surface area (Å²) in [5.41, 5.74) is 1.72. The Labute approximate surface area is 115 Å². The minimum atomic E-state index is -1.11. The number of aromatic carboxylic acids is 1. The third-order valence-corrected chi connectivity index (χ3v) is 2.99. The van der Waals surface area contributed by atoms with Crippen molar-refractivity contribution in [3.05, 3.63) is 58.4 Å². The molecule has 0 bridgehead atoms. The van der Waals surface area contributed by atoms with Crippen molar-refractivity contribution in [1.82, 2.24) is 4.98 Å². The highest BCUT2D eigenvalue weighted by molar-refractivity contribution is 6.33. The molecule has 5 heteroatoms. The molecule has 0 amide bonds. The monoisotopic (exact) mass is 277 g/mol. The molecule has 1 aromatic carbocycles. The van der Waals surface area contributed by atoms with Crippen LogP contribution in [0.15, 0.2) is 36.5 Å². The van der Waals surface area contributed by atoms with Crippen molar-refractivity contribution in [2.75, 3.05) is 0 Å². The zero-order valence-electron chi connectivity index (χ0n) is 10.3. The molecule has 0 fully saturated rings. The molecule has 0 aliphatic rings. The first-order chi connectivity index (χ1) is 9.09. The molecular weight excluding hydrogens is 266 g/mol. The number of carboxylic acid groups (broad SMARTS) is 1. The number of carboxylic acids is 1. The Hall–Kier alpha value is -2.07. The van der Waals surface area contributed by atoms with Gasteiger partial charge in [-0.15, -0.1) is 0 Å². The van der Waals surface area contributed by atoms with Gasteiger partial charge in [0, 0.05) is 6.20 Å². The van der Waals surface area contributed by atoms with Gasteiger partial charge < -0.3 is 9.84 Å². The van der Waals surface area contributed by atoms with Crippen LogP contribution < -0.4 is 4.74 Å². The summed E-state index contributed by atoms with van der Waals surface area (Å²) in [5, 5.41) is 9.27. The first-order valence-corrected chi connectivity index (χ1v) is 6.02. The second kappa shape index (κ2) is 5.71. The molecule has 0 aliphatic heterocycles. The van der Waals surface area contributed by atoms with Crippen molar-refractivity contribution in [1.29, 1.82) is 0 Å². The van der Waals surface area contributed by atoms with Crippen LogP contribution in [0.5, 0.6) is 5.75 Å². The summed E-state index contributed by atoms with van der Waals surface area (Å²) in [4.78, 5) is 15.3. The Kier molecular flexibility index (Phi) is 4.02. The number of hydrogen-bond acceptors (Lipinski definition) is 3. The van der Waals surface area contributed by atoms with E-state index in [-0.39, 0.29) is 22.9 Å². The van der Waals surface area contributed by atoms with E-state index in [1.54, 1.807) is 18.3 Å². The molecule has 0 spiro atoms. The Morgan fingerprint density at radius 1 is 1.37 bits per heavy atom. The summed E-state index contributed by atoms with van der Waals surface area (Å²) in [6.07, 6.45) is 1.67. The van der Waals surface area contributed by atoms with E-state index >= 15 is 0 Å². The number of pyridine rings is 1. The van der Waals surface area contributed by atoms with Crippen LogP contribution in [-0.4, -0.2) is 16.1 Å². The number of ether oxygens (including phenoxy) is 1. The summed E-state index contributed by atoms with van der Waals surface area (Å²) >= 11 is 5.86. The fourth-order valence-electron chi connectivity index (χ4n) is 1.65. The molecule has 1 N–H and O–H groups in total. The van der Waals surface area contributed by atoms with Crippen LogP contribution in [0.1, 0.15) is 21.6 Å². The van der Waals surface area contributed by atoms with Crippen LogP contribution in [-0.2, 0) is 6.61 Å². The number of nitrogens with zero attached hydrogens (tertiary/aromatic N) is 1. The van der Waals surface area contributed by atoms with Crippen molar-refractivity contribution in [2.45, 2.75) is 13.5 Å². The average Bonchev–Trinajstić information content (AvgIpc) is 2.37. The van der Waals surface area contributed by atoms with Gasteiger partial charge in [-0.1, -0.05) is 23.7 Å². The zero-order chi connectivity index (χ0) is 13.8. The topological polar surface area (TPSA) is 59.4 Å². The fourth-order valence-corrected chi connectivity index (χ4v) is 1.89. The van der Waals surface area contributed by atoms with Gasteiger partial charge in [0.1, 0.15) is 17.9 Å². The second-order valence-corrected chi connectivity index (χ2v) is 4.38. The van der Waals surface area contributed by atoms with E-state index in [0.29, 0.717) is 0 Å². The predicted octanol–water partition coefficient (Wildman–Crippen LogP) is 3.32. The normalized spacial score (nSPS) is 10.2. The van der Waals surface area contributed by atoms with Crippen molar-refractivity contribution in [2.24, 2.45) is 0 Å². The largest absolute Gasteiger partial charge is 0.486 e. The van der Waals surface area contributed by atoms with Crippen LogP contribution >= 0.6 is 11.6 Å². The van der Waals surface area contributed by atoms with Gasteiger partial charge >= 0.3 is 5.97 Å². The second-order valence-electron chi connectivity index (χ2n) is 3.97. The summed E-state index contributed by atoms with van der Waals surface area (Å²) in [7, 11) is 0. The number of halogens is 1. The van der Waals surface area contributed by atoms with Crippen LogP contribution in [0.2, 0.25) is 5.02 Å². The summed E-state index contributed by atoms with van der Waals surface area (Å²) in [6, 6.07) is 8.50. The molecule has 1 aromatic heterocycles. The van der Waals surface area contributed by atoms with E-state index in [1.165, 1.54) is 6.07 Å². The molecule has 0 unspecified atom stereocenters. The van der Waals surface area contributed by atoms with E-state index in [4.69, 9.17) is 21.4 Å². The number of aryl methyl sites for hydroxylation is 1. The van der Waals surface area contributed by atoms with Crippen LogP contribution in [0, 0.1) is 6.92 Å². The quantitative estimate of drug-likeness (QED) is 0.931. The van der Waals surface area contributed by atoms with Crippen molar-refractivity contribution < 1.29 is 14.6 Å². The van der Waals surface area contributed by atoms with Gasteiger partial charge in [0.15, 0.2) is 0 Å². The number of hydrogen-bond donors (Lipinski definition) is 1. The summed E-state index contributed by atoms with van der Waals surface area (Å²) in [6.45, 7) is 2.12. The molecular formula is C14H12ClNO3. The van der Waals surface area contributed by atoms with Crippen LogP contribution in [0.25, 0.3) is 0 Å². The zero-order valence-corrected chi connectivity index (χ0v) is 11.0. The maximum Gasteiger partial charge on any atom is 0.341 e. The number of aromatic nitrogens is 1. The minimum Gasteiger partial charge on any atom is -0.486 e. The van der Waals surface area contributed by atoms with E-state index in [2.05, 4.69) is 4.98 Å². The lowest BCUT2D eigenvalue weighted by atomic mass is 10.2. The Morgan fingerprint density at radius 2 is 2.16 bits per heavy atom. The van der Waals surface area contributed by atoms with Gasteiger partial charge in [-0.3, -0.25) is 4.98 Å². The molecule has 0 atom stereocenters. The van der Waals surface area contributed by atoms with Gasteiger partial charge in [-0.05, 0) is 30.7 Å². The van der Waals surface area contributed by atoms with E-state index in [0.717, 1.165) is 11.3 Å². The van der Waals surface area contributed by atoms with E-state index in [9.17, 15) is 4.79 Å². The molecule has 2 rings (SSSR count). The van der Waals surface area contributed by atoms with E-state index < -0.39 is 5.97 Å². The van der Waals surface area contributed by atoms with Crippen molar-refractivity contribution >= 4 is 17.6 Å². The molecule has 1 heterocycles. The maximum absolute atomic E-state index is 11.1. The first-order valence-electron chi connectivity index (χ1n) is 5.64. The van der Waals surface area contributed by atoms with Crippen LogP contribution in [0.4, 0.5) is 0 Å². The highest BCUT2D eigenvalue weighted by atomic mass is 35.5. The molecule has 2 aromatic rings. The number of rotatable bonds is 4. The summed E-state index contributed by atoms with van der Waals surface area (Å²) in [5.74, 6) is -0.872. The predicted molar refractivity (Wildman–Crippen MR) is 71.7 cm³/mol. The fraction of sp³-hybridized carbons (Fsp3) is 0.143. The molecule has 4 nitrogen and oxygen atoms in total. The van der Waals surface area contributed by atoms with Gasteiger partial charge in [-0.25, -0.2) is 4.79 Å². The Morgan fingerprint density at radius 3 is 2.84 bits per heavy atom.